The SMILES string of the molecule is Cc1nc(/C(=N\OC(C)(C)C(=O)O)C(=O)N[C@@H]2C(=O)N(S(=O)(=O)O)[C@H]2C)cs1. The van der Waals surface area contributed by atoms with Crippen LogP contribution in [0.3, 0.4) is 0 Å². The van der Waals surface area contributed by atoms with Crippen molar-refractivity contribution in [2.75, 3.05) is 0 Å². The molecule has 0 bridgehead atoms. The van der Waals surface area contributed by atoms with Crippen LogP contribution in [0.4, 0.5) is 0 Å². The van der Waals surface area contributed by atoms with Gasteiger partial charge in [0.2, 0.25) is 5.60 Å². The van der Waals surface area contributed by atoms with Crippen LogP contribution in [0.15, 0.2) is 10.5 Å². The Hall–Kier alpha value is -2.58. The molecule has 12 nitrogen and oxygen atoms in total. The van der Waals surface area contributed by atoms with Gasteiger partial charge in [0.15, 0.2) is 5.71 Å². The number of amides is 2. The van der Waals surface area contributed by atoms with Crippen molar-refractivity contribution >= 4 is 45.1 Å². The highest BCUT2D eigenvalue weighted by molar-refractivity contribution is 7.84. The monoisotopic (exact) mass is 434 g/mol. The third-order valence-corrected chi connectivity index (χ3v) is 5.61. The fraction of sp³-hybridized carbons (Fsp3) is 0.500. The summed E-state index contributed by atoms with van der Waals surface area (Å²) < 4.78 is 31.5. The zero-order valence-electron chi connectivity index (χ0n) is 15.2. The minimum absolute atomic E-state index is 0.0900. The zero-order chi connectivity index (χ0) is 21.4. The van der Waals surface area contributed by atoms with Crippen LogP contribution in [0.2, 0.25) is 0 Å². The predicted molar refractivity (Wildman–Crippen MR) is 96.0 cm³/mol. The molecule has 1 aliphatic rings. The van der Waals surface area contributed by atoms with Crippen LogP contribution in [0, 0.1) is 6.92 Å². The second kappa shape index (κ2) is 7.44. The van der Waals surface area contributed by atoms with Crippen molar-refractivity contribution in [2.45, 2.75) is 45.4 Å². The summed E-state index contributed by atoms with van der Waals surface area (Å²) in [7, 11) is -4.74. The summed E-state index contributed by atoms with van der Waals surface area (Å²) in [6.07, 6.45) is 0. The Bertz CT molecular complexity index is 952. The lowest BCUT2D eigenvalue weighted by atomic mass is 10.0. The highest BCUT2D eigenvalue weighted by Crippen LogP contribution is 2.23. The Labute approximate surface area is 164 Å². The van der Waals surface area contributed by atoms with Crippen molar-refractivity contribution in [1.29, 1.82) is 0 Å². The minimum atomic E-state index is -4.74. The molecule has 28 heavy (non-hydrogen) atoms. The average Bonchev–Trinajstić information content (AvgIpc) is 2.97. The number of nitrogens with zero attached hydrogens (tertiary/aromatic N) is 3. The van der Waals surface area contributed by atoms with E-state index in [2.05, 4.69) is 15.5 Å². The van der Waals surface area contributed by atoms with Gasteiger partial charge in [-0.3, -0.25) is 14.1 Å². The summed E-state index contributed by atoms with van der Waals surface area (Å²) >= 11 is 1.20. The molecule has 3 N–H and O–H groups in total. The lowest BCUT2D eigenvalue weighted by Gasteiger charge is -2.42. The van der Waals surface area contributed by atoms with Gasteiger partial charge in [0.1, 0.15) is 11.7 Å². The molecule has 2 rings (SSSR count). The zero-order valence-corrected chi connectivity index (χ0v) is 16.9. The molecule has 1 aliphatic heterocycles. The van der Waals surface area contributed by atoms with E-state index in [-0.39, 0.29) is 15.7 Å². The van der Waals surface area contributed by atoms with Gasteiger partial charge in [0.25, 0.3) is 11.8 Å². The van der Waals surface area contributed by atoms with E-state index in [4.69, 9.17) is 14.5 Å². The Morgan fingerprint density at radius 3 is 2.46 bits per heavy atom. The van der Waals surface area contributed by atoms with E-state index in [1.54, 1.807) is 6.92 Å². The van der Waals surface area contributed by atoms with E-state index in [9.17, 15) is 22.8 Å². The highest BCUT2D eigenvalue weighted by Gasteiger charge is 2.51. The van der Waals surface area contributed by atoms with Gasteiger partial charge in [-0.05, 0) is 27.7 Å². The minimum Gasteiger partial charge on any atom is -0.478 e. The second-order valence-corrected chi connectivity index (χ2v) is 8.75. The van der Waals surface area contributed by atoms with Crippen LogP contribution in [0.1, 0.15) is 31.5 Å². The van der Waals surface area contributed by atoms with Crippen molar-refractivity contribution in [2.24, 2.45) is 5.16 Å². The molecular weight excluding hydrogens is 416 g/mol. The highest BCUT2D eigenvalue weighted by atomic mass is 32.2. The standard InChI is InChI=1S/C14H18N4O8S2/c1-6-9(12(20)18(6)28(23,24)25)16-11(19)10(8-5-27-7(2)15-8)17-26-14(3,4)13(21)22/h5-6,9H,1-4H3,(H,16,19)(H,21,22)(H,23,24,25)/b17-10+/t6-,9-/m0/s1. The Morgan fingerprint density at radius 1 is 1.43 bits per heavy atom. The number of carboxylic acid groups (broad SMARTS) is 1. The summed E-state index contributed by atoms with van der Waals surface area (Å²) in [6, 6.07) is -2.26. The molecule has 0 aliphatic carbocycles. The van der Waals surface area contributed by atoms with E-state index in [1.807, 2.05) is 0 Å². The number of carbonyl (C=O) groups excluding carboxylic acids is 2. The number of hydrogen-bond donors (Lipinski definition) is 3. The van der Waals surface area contributed by atoms with Crippen molar-refractivity contribution in [3.8, 4) is 0 Å². The first kappa shape index (κ1) is 21.7. The van der Waals surface area contributed by atoms with Crippen LogP contribution < -0.4 is 5.32 Å². The van der Waals surface area contributed by atoms with Crippen molar-refractivity contribution in [1.82, 2.24) is 14.6 Å². The number of aryl methyl sites for hydroxylation is 1. The Morgan fingerprint density at radius 2 is 2.04 bits per heavy atom. The lowest BCUT2D eigenvalue weighted by Crippen LogP contribution is -2.71. The number of carbonyl (C=O) groups is 3. The van der Waals surface area contributed by atoms with Gasteiger partial charge >= 0.3 is 16.3 Å². The number of aliphatic carboxylic acids is 1. The molecule has 14 heteroatoms. The fourth-order valence-electron chi connectivity index (χ4n) is 2.19. The molecule has 1 aromatic rings. The van der Waals surface area contributed by atoms with E-state index in [1.165, 1.54) is 37.5 Å². The summed E-state index contributed by atoms with van der Waals surface area (Å²) in [5.41, 5.74) is -2.03. The molecule has 0 radical (unpaired) electrons. The Kier molecular flexibility index (Phi) is 5.77. The first-order valence-electron chi connectivity index (χ1n) is 7.79. The maximum absolute atomic E-state index is 12.6. The number of carboxylic acids is 1. The van der Waals surface area contributed by atoms with E-state index >= 15 is 0 Å². The molecule has 2 atom stereocenters. The van der Waals surface area contributed by atoms with Crippen molar-refractivity contribution in [3.05, 3.63) is 16.1 Å². The van der Waals surface area contributed by atoms with E-state index in [0.29, 0.717) is 5.01 Å². The lowest BCUT2D eigenvalue weighted by molar-refractivity contribution is -0.161. The molecule has 1 fully saturated rings. The molecule has 2 heterocycles. The van der Waals surface area contributed by atoms with Gasteiger partial charge in [0.05, 0.1) is 11.0 Å². The van der Waals surface area contributed by atoms with Crippen LogP contribution >= 0.6 is 11.3 Å². The Balaban J connectivity index is 2.26. The number of oxime groups is 1. The average molecular weight is 434 g/mol. The van der Waals surface area contributed by atoms with Crippen LogP contribution in [0.25, 0.3) is 0 Å². The topological polar surface area (TPSA) is 176 Å². The molecule has 2 amide bonds. The van der Waals surface area contributed by atoms with Crippen LogP contribution in [-0.2, 0) is 29.5 Å². The second-order valence-electron chi connectivity index (χ2n) is 6.40. The number of hydrogen-bond acceptors (Lipinski definition) is 9. The maximum atomic E-state index is 12.6. The molecule has 0 aromatic carbocycles. The quantitative estimate of drug-likeness (QED) is 0.222. The first-order chi connectivity index (χ1) is 12.8. The summed E-state index contributed by atoms with van der Waals surface area (Å²) in [4.78, 5) is 44.7. The predicted octanol–water partition coefficient (Wildman–Crippen LogP) is -0.446. The van der Waals surface area contributed by atoms with Crippen LogP contribution in [0.5, 0.6) is 0 Å². The normalized spacial score (nSPS) is 20.5. The van der Waals surface area contributed by atoms with Gasteiger partial charge < -0.3 is 15.3 Å². The molecule has 1 saturated heterocycles. The molecule has 1 aromatic heterocycles. The van der Waals surface area contributed by atoms with Crippen molar-refractivity contribution < 1.29 is 37.3 Å². The molecule has 0 unspecified atom stereocenters. The number of nitrogens with one attached hydrogen (secondary N) is 1. The number of thiazole rings is 1. The van der Waals surface area contributed by atoms with Gasteiger partial charge in [-0.1, -0.05) is 5.16 Å². The molecular formula is C14H18N4O8S2. The fourth-order valence-corrected chi connectivity index (χ4v) is 3.67. The van der Waals surface area contributed by atoms with E-state index < -0.39 is 45.8 Å². The molecule has 154 valence electrons. The smallest absolute Gasteiger partial charge is 0.362 e. The maximum Gasteiger partial charge on any atom is 0.362 e. The third-order valence-electron chi connectivity index (χ3n) is 3.83. The van der Waals surface area contributed by atoms with Crippen LogP contribution in [-0.4, -0.2) is 68.5 Å². The van der Waals surface area contributed by atoms with Gasteiger partial charge in [0, 0.05) is 5.38 Å². The van der Waals surface area contributed by atoms with Crippen molar-refractivity contribution in [3.63, 3.8) is 0 Å². The number of β-lactam (4-membered cyclic amide) rings is 1. The molecule has 0 saturated carbocycles. The number of aromatic nitrogens is 1. The van der Waals surface area contributed by atoms with Gasteiger partial charge in [-0.2, -0.15) is 8.42 Å². The largest absolute Gasteiger partial charge is 0.478 e. The number of rotatable bonds is 7. The summed E-state index contributed by atoms with van der Waals surface area (Å²) in [5.74, 6) is -3.27. The summed E-state index contributed by atoms with van der Waals surface area (Å²) in [5, 5.41) is 17.1. The summed E-state index contributed by atoms with van der Waals surface area (Å²) in [6.45, 7) is 5.44. The first-order valence-corrected chi connectivity index (χ1v) is 10.1. The van der Waals surface area contributed by atoms with Gasteiger partial charge in [-0.25, -0.2) is 14.1 Å². The van der Waals surface area contributed by atoms with E-state index in [0.717, 1.165) is 0 Å². The van der Waals surface area contributed by atoms with Gasteiger partial charge in [-0.15, -0.1) is 11.3 Å². The third kappa shape index (κ3) is 4.28. The molecule has 0 spiro atoms.